The molecule has 2 fully saturated rings. The molecular weight excluding hydrogens is 1480 g/mol. The van der Waals surface area contributed by atoms with Crippen molar-refractivity contribution in [3.63, 3.8) is 0 Å². The highest BCUT2D eigenvalue weighted by Gasteiger charge is 2.30. The summed E-state index contributed by atoms with van der Waals surface area (Å²) in [6.07, 6.45) is 8.54. The number of nitrogens with zero attached hydrogens (tertiary/aromatic N) is 7. The molecule has 0 aliphatic carbocycles. The quantitative estimate of drug-likeness (QED) is 0.0223. The van der Waals surface area contributed by atoms with E-state index in [0.717, 1.165) is 24.7 Å². The lowest BCUT2D eigenvalue weighted by molar-refractivity contribution is -0.110. The lowest BCUT2D eigenvalue weighted by Gasteiger charge is -2.30. The van der Waals surface area contributed by atoms with Crippen LogP contribution in [0.4, 0.5) is 40.3 Å². The third-order valence-electron chi connectivity index (χ3n) is 13.6. The lowest BCUT2D eigenvalue weighted by Crippen LogP contribution is -2.41. The summed E-state index contributed by atoms with van der Waals surface area (Å²) in [5.74, 6) is -0.0726. The van der Waals surface area contributed by atoms with Crippen molar-refractivity contribution in [3.8, 4) is 5.88 Å². The number of carbonyl (C=O) groups is 1. The molecule has 0 spiro atoms. The SMILES string of the molecule is CC(C)C=O.CC(C)CN(c1ccc(F)cc1)S(=O)(=O)c1ccc(Cl)nc1.CC(C)CN(c1ccc(F)cc1)S(=O)(=O)c1ccc(OC2CCN(S(C)(=O)=O)CC2)nc1.CC(C)CNc1ccc(F)cc1.CS(=O)(=O)N1CCC(O)CC1.Nc1ccc(F)cc1.O=S(=O)(Cl)c1ccc(Cl)nc1. The summed E-state index contributed by atoms with van der Waals surface area (Å²) >= 11 is 11.1. The predicted molar refractivity (Wildman–Crippen MR) is 390 cm³/mol. The van der Waals surface area contributed by atoms with E-state index in [4.69, 9.17) is 49.5 Å². The van der Waals surface area contributed by atoms with Gasteiger partial charge in [0.1, 0.15) is 60.7 Å². The van der Waals surface area contributed by atoms with E-state index in [1.54, 1.807) is 12.1 Å². The molecule has 0 atom stereocenters. The van der Waals surface area contributed by atoms with Gasteiger partial charge in [-0.25, -0.2) is 83.2 Å². The average molecular weight is 1570 g/mol. The number of benzene rings is 4. The van der Waals surface area contributed by atoms with E-state index in [1.807, 2.05) is 41.5 Å². The molecule has 4 aromatic carbocycles. The van der Waals surface area contributed by atoms with Gasteiger partial charge in [0.05, 0.1) is 36.2 Å². The van der Waals surface area contributed by atoms with Crippen molar-refractivity contribution >= 4 is 112 Å². The maximum atomic E-state index is 13.3. The van der Waals surface area contributed by atoms with Gasteiger partial charge in [-0.3, -0.25) is 8.61 Å². The molecule has 0 radical (unpaired) electrons. The van der Waals surface area contributed by atoms with Crippen LogP contribution in [-0.4, -0.2) is 148 Å². The van der Waals surface area contributed by atoms with Crippen molar-refractivity contribution in [3.05, 3.63) is 186 Å². The molecule has 34 heteroatoms. The minimum atomic E-state index is -3.92. The summed E-state index contributed by atoms with van der Waals surface area (Å²) in [7, 11) is -12.6. The molecule has 7 aromatic rings. The van der Waals surface area contributed by atoms with Crippen LogP contribution in [0.5, 0.6) is 5.88 Å². The van der Waals surface area contributed by atoms with Crippen LogP contribution < -0.4 is 24.4 Å². The zero-order valence-corrected chi connectivity index (χ0v) is 63.8. The van der Waals surface area contributed by atoms with Crippen molar-refractivity contribution in [1.82, 2.24) is 23.6 Å². The number of aliphatic hydroxyl groups is 1. The maximum absolute atomic E-state index is 13.3. The zero-order chi connectivity index (χ0) is 76.1. The van der Waals surface area contributed by atoms with Crippen LogP contribution in [0.25, 0.3) is 0 Å². The second-order valence-corrected chi connectivity index (χ2v) is 35.3. The number of nitrogens with two attached hydrogens (primary N) is 1. The van der Waals surface area contributed by atoms with Gasteiger partial charge in [-0.2, -0.15) is 0 Å². The Balaban J connectivity index is 0.000000332. The van der Waals surface area contributed by atoms with Crippen LogP contribution >= 0.6 is 33.9 Å². The van der Waals surface area contributed by atoms with Crippen LogP contribution in [0.1, 0.15) is 81.1 Å². The Morgan fingerprint density at radius 2 is 0.881 bits per heavy atom. The largest absolute Gasteiger partial charge is 0.474 e. The van der Waals surface area contributed by atoms with Gasteiger partial charge in [-0.05, 0) is 171 Å². The first-order valence-corrected chi connectivity index (χ1v) is 41.1. The molecule has 9 rings (SSSR count). The molecule has 0 amide bonds. The number of aliphatic hydroxyl groups excluding tert-OH is 1. The van der Waals surface area contributed by atoms with Crippen LogP contribution in [0, 0.1) is 46.9 Å². The Kier molecular flexibility index (Phi) is 36.9. The summed E-state index contributed by atoms with van der Waals surface area (Å²) in [6.45, 7) is 18.7. The Labute approximate surface area is 606 Å². The molecule has 5 heterocycles. The monoisotopic (exact) mass is 1570 g/mol. The van der Waals surface area contributed by atoms with E-state index in [1.165, 1.54) is 163 Å². The molecule has 2 aliphatic rings. The maximum Gasteiger partial charge on any atom is 0.265 e. The molecule has 3 aromatic heterocycles. The van der Waals surface area contributed by atoms with E-state index < -0.39 is 60.8 Å². The van der Waals surface area contributed by atoms with Gasteiger partial charge in [0.25, 0.3) is 29.1 Å². The standard InChI is InChI=1S/C21H28FN3O5S2.C15H16ClFN2O2S.C10H14FN.C6H6FN.C6H13NO3S.C5H3Cl2NO2S.C4H8O/c1-16(2)15-25(18-6-4-17(22)5-7-18)32(28,29)20-8-9-21(23-14-20)30-19-10-12-24(13-11-19)31(3,26)27;1-11(2)10-19(13-5-3-12(17)4-6-13)22(20,21)14-7-8-15(16)18-9-14;1-8(2)7-12-10-5-3-9(11)4-6-10;7-5-1-3-6(8)4-2-5;1-11(9,10)7-4-2-6(8)3-5-7;6-5-2-1-4(3-8-5)11(7,9)10;1-4(2)3-5/h4-9,14,16,19H,10-13,15H2,1-3H3;3-9,11H,10H2,1-2H3;3-6,8,12H,7H2,1-2H3;1-4H,8H2;6,8H,2-5H2,1H3;1-3H;3-4H,1-2H3. The molecule has 0 bridgehead atoms. The summed E-state index contributed by atoms with van der Waals surface area (Å²) in [6, 6.07) is 31.2. The molecule has 2 aliphatic heterocycles. The van der Waals surface area contributed by atoms with Gasteiger partial charge in [0, 0.05) is 92.2 Å². The third kappa shape index (κ3) is 33.5. The lowest BCUT2D eigenvalue weighted by atomic mass is 10.1. The van der Waals surface area contributed by atoms with E-state index in [-0.39, 0.29) is 85.6 Å². The number of pyridine rings is 3. The molecule has 0 unspecified atom stereocenters. The van der Waals surface area contributed by atoms with Crippen molar-refractivity contribution in [2.45, 2.75) is 108 Å². The van der Waals surface area contributed by atoms with Gasteiger partial charge in [-0.15, -0.1) is 0 Å². The van der Waals surface area contributed by atoms with E-state index in [0.29, 0.717) is 74.8 Å². The fraction of sp³-hybridized carbons (Fsp3) is 0.403. The fourth-order valence-corrected chi connectivity index (χ4v) is 14.2. The number of halogens is 7. The van der Waals surface area contributed by atoms with Crippen molar-refractivity contribution in [2.24, 2.45) is 23.7 Å². The smallest absolute Gasteiger partial charge is 0.265 e. The molecule has 558 valence electrons. The second-order valence-electron chi connectivity index (χ2n) is 24.3. The summed E-state index contributed by atoms with van der Waals surface area (Å²) in [5.41, 5.74) is 7.61. The number of aldehydes is 1. The topological polar surface area (TPSA) is 307 Å². The highest BCUT2D eigenvalue weighted by Crippen LogP contribution is 2.29. The average Bonchev–Trinajstić information content (AvgIpc) is 0.795. The minimum absolute atomic E-state index is 0.00159. The number of piperidine rings is 2. The zero-order valence-electron chi connectivity index (χ0n) is 57.5. The van der Waals surface area contributed by atoms with Crippen LogP contribution in [0.15, 0.2) is 167 Å². The fourth-order valence-electron chi connectivity index (χ4n) is 8.41. The number of nitrogen functional groups attached to an aromatic ring is 1. The number of hydrogen-bond donors (Lipinski definition) is 3. The van der Waals surface area contributed by atoms with Crippen molar-refractivity contribution in [2.75, 3.05) is 78.0 Å². The van der Waals surface area contributed by atoms with Crippen molar-refractivity contribution in [1.29, 1.82) is 0 Å². The number of nitrogens with one attached hydrogen (secondary N) is 1. The first-order valence-electron chi connectivity index (χ1n) is 31.4. The first-order chi connectivity index (χ1) is 47.0. The Morgan fingerprint density at radius 3 is 1.19 bits per heavy atom. The normalized spacial score (nSPS) is 13.9. The number of hydrogen-bond acceptors (Lipinski definition) is 18. The predicted octanol–water partition coefficient (Wildman–Crippen LogP) is 12.8. The number of carbonyl (C=O) groups excluding carboxylic acids is 1. The van der Waals surface area contributed by atoms with Gasteiger partial charge in [-0.1, -0.05) is 78.6 Å². The highest BCUT2D eigenvalue weighted by molar-refractivity contribution is 8.13. The number of sulfonamides is 4. The van der Waals surface area contributed by atoms with Crippen molar-refractivity contribution < 1.29 is 74.3 Å². The molecule has 2 saturated heterocycles. The van der Waals surface area contributed by atoms with E-state index in [9.17, 15) is 64.4 Å². The number of anilines is 4. The number of ether oxygens (including phenoxy) is 1. The minimum Gasteiger partial charge on any atom is -0.474 e. The Hall–Kier alpha value is -6.78. The second kappa shape index (κ2) is 42.1. The molecule has 101 heavy (non-hydrogen) atoms. The van der Waals surface area contributed by atoms with Crippen LogP contribution in [-0.2, 0) is 53.9 Å². The highest BCUT2D eigenvalue weighted by atomic mass is 35.7. The molecule has 0 saturated carbocycles. The number of rotatable bonds is 19. The van der Waals surface area contributed by atoms with Gasteiger partial charge >= 0.3 is 0 Å². The Bertz CT molecular complexity index is 4180. The Morgan fingerprint density at radius 1 is 0.535 bits per heavy atom. The van der Waals surface area contributed by atoms with Gasteiger partial charge in [0.15, 0.2) is 0 Å². The van der Waals surface area contributed by atoms with E-state index >= 15 is 0 Å². The third-order valence-corrected chi connectivity index (χ3v) is 21.6. The molecule has 22 nitrogen and oxygen atoms in total. The molecule has 4 N–H and O–H groups in total. The van der Waals surface area contributed by atoms with Crippen LogP contribution in [0.2, 0.25) is 10.3 Å². The first kappa shape index (κ1) is 88.4. The van der Waals surface area contributed by atoms with Gasteiger partial charge < -0.3 is 25.7 Å². The molecular formula is C67H88Cl3F4N9O13S5. The number of aromatic nitrogens is 3. The van der Waals surface area contributed by atoms with E-state index in [2.05, 4.69) is 34.1 Å². The summed E-state index contributed by atoms with van der Waals surface area (Å²) in [5, 5.41) is 12.7. The summed E-state index contributed by atoms with van der Waals surface area (Å²) in [4.78, 5) is 21.0. The summed E-state index contributed by atoms with van der Waals surface area (Å²) < 4.78 is 181. The van der Waals surface area contributed by atoms with Crippen LogP contribution in [0.3, 0.4) is 0 Å². The van der Waals surface area contributed by atoms with Gasteiger partial charge in [0.2, 0.25) is 25.9 Å².